The fourth-order valence-corrected chi connectivity index (χ4v) is 26.4. The first-order valence-electron chi connectivity index (χ1n) is 7.23. The Morgan fingerprint density at radius 2 is 1.25 bits per heavy atom. The Kier molecular flexibility index (Phi) is 7.49. The zero-order valence-corrected chi connectivity index (χ0v) is 19.8. The van der Waals surface area contributed by atoms with Crippen LogP contribution in [0.2, 0.25) is 8.35 Å². The van der Waals surface area contributed by atoms with Gasteiger partial charge in [0.15, 0.2) is 0 Å². The Balaban J connectivity index is 0.00000180. The number of hydrogen-bond acceptors (Lipinski definition) is 0. The molecule has 0 bridgehead atoms. The molecule has 114 valence electrons. The Labute approximate surface area is 139 Å². The van der Waals surface area contributed by atoms with Gasteiger partial charge >= 0.3 is 115 Å². The van der Waals surface area contributed by atoms with Crippen LogP contribution in [0.5, 0.6) is 0 Å². The molecule has 0 unspecified atom stereocenters. The third-order valence-corrected chi connectivity index (χ3v) is 48.0. The van der Waals surface area contributed by atoms with E-state index in [9.17, 15) is 0 Å². The fraction of sp³-hybridized carbons (Fsp3) is 0.500. The van der Waals surface area contributed by atoms with E-state index in [0.29, 0.717) is 0 Å². The molecule has 0 aromatic rings. The molecule has 0 saturated heterocycles. The maximum absolute atomic E-state index is 2.96. The van der Waals surface area contributed by atoms with Crippen LogP contribution in [0, 0.1) is 0 Å². The second-order valence-electron chi connectivity index (χ2n) is 6.29. The summed E-state index contributed by atoms with van der Waals surface area (Å²) < 4.78 is 6.54. The Morgan fingerprint density at radius 1 is 0.900 bits per heavy atom. The van der Waals surface area contributed by atoms with Crippen molar-refractivity contribution in [3.63, 3.8) is 0 Å². The molecular formula is C16H28Cl2HfSi. The predicted octanol–water partition coefficient (Wildman–Crippen LogP) is 5.41. The van der Waals surface area contributed by atoms with Crippen molar-refractivity contribution in [1.29, 1.82) is 0 Å². The zero-order valence-electron chi connectivity index (χ0n) is 13.2. The first-order valence-corrected chi connectivity index (χ1v) is 24.2. The normalized spacial score (nSPS) is 18.4. The molecule has 0 aromatic heterocycles. The number of halogens is 2. The van der Waals surface area contributed by atoms with Crippen molar-refractivity contribution in [3.8, 4) is 0 Å². The van der Waals surface area contributed by atoms with Gasteiger partial charge in [0.05, 0.1) is 0 Å². The van der Waals surface area contributed by atoms with Crippen LogP contribution in [0.3, 0.4) is 0 Å². The number of hydrogen-bond donors (Lipinski definition) is 0. The summed E-state index contributed by atoms with van der Waals surface area (Å²) in [7, 11) is 0. The summed E-state index contributed by atoms with van der Waals surface area (Å²) in [5.41, 5.74) is 2.98. The van der Waals surface area contributed by atoms with Crippen molar-refractivity contribution in [2.45, 2.75) is 48.9 Å². The van der Waals surface area contributed by atoms with E-state index in [1.807, 2.05) is 6.66 Å². The van der Waals surface area contributed by atoms with Gasteiger partial charge in [-0.15, -0.1) is 24.8 Å². The smallest absolute Gasteiger partial charge is 0.147 e. The van der Waals surface area contributed by atoms with Crippen molar-refractivity contribution in [3.05, 3.63) is 42.1 Å². The molecule has 0 saturated carbocycles. The number of rotatable bonds is 4. The van der Waals surface area contributed by atoms with Gasteiger partial charge in [-0.1, -0.05) is 0 Å². The van der Waals surface area contributed by atoms with Gasteiger partial charge in [0.2, 0.25) is 0 Å². The van der Waals surface area contributed by atoms with E-state index in [1.54, 1.807) is 0 Å². The molecule has 0 heterocycles. The standard InChI is InChI=1S/2C6H7.2C2H5.2ClH.Hf.H2Si/c2*1-6-4-2-3-5-6;2*1-2;;;;/h2*4-5H,2H2,1H3;2*1H2,2H3;2*1H;;1H2. The molecule has 0 amide bonds. The molecule has 0 nitrogen and oxygen atoms in total. The topological polar surface area (TPSA) is 0 Å². The largest absolute Gasteiger partial charge is 0.147 e. The van der Waals surface area contributed by atoms with E-state index in [1.165, 1.54) is 32.3 Å². The van der Waals surface area contributed by atoms with Gasteiger partial charge in [-0.25, -0.2) is 0 Å². The molecule has 0 aromatic carbocycles. The Morgan fingerprint density at radius 3 is 1.45 bits per heavy atom. The summed E-state index contributed by atoms with van der Waals surface area (Å²) in [5.74, 6) is 0. The molecule has 2 rings (SSSR count). The molecule has 4 heteroatoms. The van der Waals surface area contributed by atoms with Gasteiger partial charge in [-0.05, 0) is 0 Å². The van der Waals surface area contributed by atoms with Crippen LogP contribution in [0.25, 0.3) is 0 Å². The molecule has 20 heavy (non-hydrogen) atoms. The van der Waals surface area contributed by atoms with Gasteiger partial charge in [0, 0.05) is 0 Å². The molecule has 0 aliphatic heterocycles. The van der Waals surface area contributed by atoms with E-state index in [2.05, 4.69) is 58.9 Å². The summed E-state index contributed by atoms with van der Waals surface area (Å²) >= 11 is -2.96. The summed E-state index contributed by atoms with van der Waals surface area (Å²) in [5, 5.41) is 0. The average molecular weight is 498 g/mol. The summed E-state index contributed by atoms with van der Waals surface area (Å²) in [4.78, 5) is 0. The average Bonchev–Trinajstić information content (AvgIpc) is 2.98. The monoisotopic (exact) mass is 498 g/mol. The van der Waals surface area contributed by atoms with Gasteiger partial charge in [0.25, 0.3) is 0 Å². The minimum absolute atomic E-state index is 0. The van der Waals surface area contributed by atoms with E-state index in [4.69, 9.17) is 0 Å². The molecule has 2 aliphatic carbocycles. The molecule has 0 spiro atoms. The third-order valence-electron chi connectivity index (χ3n) is 5.48. The van der Waals surface area contributed by atoms with Crippen molar-refractivity contribution in [2.75, 3.05) is 0 Å². The van der Waals surface area contributed by atoms with Crippen LogP contribution in [-0.2, 0) is 17.1 Å². The van der Waals surface area contributed by atoms with E-state index in [-0.39, 0.29) is 24.8 Å². The molecule has 0 N–H and O–H groups in total. The first-order chi connectivity index (χ1) is 8.43. The zero-order chi connectivity index (χ0) is 13.4. The van der Waals surface area contributed by atoms with E-state index < -0.39 is 17.1 Å². The van der Waals surface area contributed by atoms with Gasteiger partial charge < -0.3 is 0 Å². The SMILES string of the molecule is C[CH2][Hf](=[SiH2])([CH2]C)([C]1=CC(C)=CC1)[C]1=CC(C)=CC1.Cl.Cl. The number of allylic oxidation sites excluding steroid dienone is 8. The van der Waals surface area contributed by atoms with Crippen LogP contribution in [0.4, 0.5) is 0 Å². The second kappa shape index (κ2) is 7.26. The molecule has 2 aliphatic rings. The van der Waals surface area contributed by atoms with E-state index in [0.717, 1.165) is 0 Å². The van der Waals surface area contributed by atoms with Crippen LogP contribution in [0.15, 0.2) is 42.1 Å². The minimum atomic E-state index is -2.96. The molecule has 0 fully saturated rings. The van der Waals surface area contributed by atoms with Crippen LogP contribution in [0.1, 0.15) is 40.5 Å². The summed E-state index contributed by atoms with van der Waals surface area (Å²) in [6, 6.07) is 0. The van der Waals surface area contributed by atoms with Crippen molar-refractivity contribution in [1.82, 2.24) is 0 Å². The van der Waals surface area contributed by atoms with E-state index >= 15 is 0 Å². The molecular weight excluding hydrogens is 470 g/mol. The minimum Gasteiger partial charge on any atom is -0.147 e. The summed E-state index contributed by atoms with van der Waals surface area (Å²) in [6.45, 7) is 11.9. The Hall–Kier alpha value is 0.627. The van der Waals surface area contributed by atoms with Gasteiger partial charge in [-0.2, -0.15) is 0 Å². The summed E-state index contributed by atoms with van der Waals surface area (Å²) in [6.07, 6.45) is 12.4. The second-order valence-corrected chi connectivity index (χ2v) is 43.9. The maximum atomic E-state index is 2.53. The Bertz CT molecular complexity index is 515. The van der Waals surface area contributed by atoms with Crippen molar-refractivity contribution < 1.29 is 17.1 Å². The first kappa shape index (κ1) is 20.6. The maximum Gasteiger partial charge on any atom is -0.147 e. The quantitative estimate of drug-likeness (QED) is 0.456. The van der Waals surface area contributed by atoms with Crippen LogP contribution < -0.4 is 0 Å². The molecule has 0 atom stereocenters. The van der Waals surface area contributed by atoms with Gasteiger partial charge in [0.1, 0.15) is 0 Å². The van der Waals surface area contributed by atoms with Crippen LogP contribution in [-0.4, -0.2) is 6.94 Å². The predicted molar refractivity (Wildman–Crippen MR) is 96.9 cm³/mol. The fourth-order valence-electron chi connectivity index (χ4n) is 3.61. The van der Waals surface area contributed by atoms with Crippen molar-refractivity contribution >= 4 is 31.8 Å². The van der Waals surface area contributed by atoms with Crippen molar-refractivity contribution in [2.24, 2.45) is 0 Å². The van der Waals surface area contributed by atoms with Gasteiger partial charge in [-0.3, -0.25) is 0 Å². The third kappa shape index (κ3) is 3.19. The molecule has 0 radical (unpaired) electrons. The van der Waals surface area contributed by atoms with Crippen LogP contribution >= 0.6 is 24.8 Å².